The Labute approximate surface area is 145 Å². The molecule has 7 heteroatoms. The van der Waals surface area contributed by atoms with Crippen LogP contribution in [0.15, 0.2) is 30.5 Å². The van der Waals surface area contributed by atoms with Crippen LogP contribution in [0.4, 0.5) is 0 Å². The quantitative estimate of drug-likeness (QED) is 0.805. The van der Waals surface area contributed by atoms with E-state index in [0.717, 1.165) is 36.3 Å². The Balaban J connectivity index is 1.47. The second-order valence-corrected chi connectivity index (χ2v) is 6.14. The lowest BCUT2D eigenvalue weighted by molar-refractivity contribution is -0.127. The molecule has 2 N–H and O–H groups in total. The fourth-order valence-corrected chi connectivity index (χ4v) is 2.74. The molecule has 2 heterocycles. The zero-order valence-corrected chi connectivity index (χ0v) is 14.0. The van der Waals surface area contributed by atoms with Crippen LogP contribution in [0.3, 0.4) is 0 Å². The van der Waals surface area contributed by atoms with Crippen molar-refractivity contribution in [1.82, 2.24) is 15.5 Å². The highest BCUT2D eigenvalue weighted by Crippen LogP contribution is 2.22. The Bertz CT molecular complexity index is 666. The van der Waals surface area contributed by atoms with E-state index in [1.165, 1.54) is 0 Å². The molecule has 6 nitrogen and oxygen atoms in total. The van der Waals surface area contributed by atoms with Gasteiger partial charge in [0.15, 0.2) is 0 Å². The molecule has 0 aliphatic carbocycles. The smallest absolute Gasteiger partial charge is 0.246 e. The van der Waals surface area contributed by atoms with E-state index in [-0.39, 0.29) is 18.6 Å². The van der Waals surface area contributed by atoms with Crippen molar-refractivity contribution in [3.8, 4) is 11.3 Å². The molecule has 2 aromatic rings. The van der Waals surface area contributed by atoms with E-state index in [1.54, 1.807) is 6.20 Å². The third kappa shape index (κ3) is 4.56. The van der Waals surface area contributed by atoms with Crippen molar-refractivity contribution in [2.45, 2.75) is 25.5 Å². The van der Waals surface area contributed by atoms with E-state index in [1.807, 2.05) is 24.3 Å². The summed E-state index contributed by atoms with van der Waals surface area (Å²) in [5.41, 5.74) is 2.74. The molecule has 3 rings (SSSR count). The number of H-pyrrole nitrogens is 1. The molecular formula is C17H20ClN3O3. The molecule has 1 saturated heterocycles. The molecule has 1 aliphatic rings. The van der Waals surface area contributed by atoms with Crippen LogP contribution < -0.4 is 5.32 Å². The van der Waals surface area contributed by atoms with Gasteiger partial charge in [0.1, 0.15) is 6.61 Å². The maximum absolute atomic E-state index is 11.9. The van der Waals surface area contributed by atoms with Crippen molar-refractivity contribution in [2.24, 2.45) is 0 Å². The maximum atomic E-state index is 11.9. The van der Waals surface area contributed by atoms with Crippen LogP contribution >= 0.6 is 11.6 Å². The van der Waals surface area contributed by atoms with Crippen LogP contribution in [0.25, 0.3) is 11.3 Å². The van der Waals surface area contributed by atoms with Gasteiger partial charge in [0.05, 0.1) is 24.6 Å². The fourth-order valence-electron chi connectivity index (χ4n) is 2.62. The third-order valence-corrected chi connectivity index (χ3v) is 4.14. The van der Waals surface area contributed by atoms with E-state index in [9.17, 15) is 4.79 Å². The molecule has 1 atom stereocenters. The molecule has 0 bridgehead atoms. The molecule has 1 amide bonds. The SMILES string of the molecule is O=C(COC[C@H]1CCCO1)NCc1cn[nH]c1-c1ccc(Cl)cc1. The third-order valence-electron chi connectivity index (χ3n) is 3.89. The van der Waals surface area contributed by atoms with Gasteiger partial charge >= 0.3 is 0 Å². The van der Waals surface area contributed by atoms with Crippen LogP contribution in [-0.2, 0) is 20.8 Å². The first-order valence-electron chi connectivity index (χ1n) is 7.96. The number of carbonyl (C=O) groups is 1. The van der Waals surface area contributed by atoms with Gasteiger partial charge in [-0.15, -0.1) is 0 Å². The summed E-state index contributed by atoms with van der Waals surface area (Å²) >= 11 is 5.91. The number of carbonyl (C=O) groups excluding carboxylic acids is 1. The molecular weight excluding hydrogens is 330 g/mol. The Morgan fingerprint density at radius 1 is 1.42 bits per heavy atom. The minimum atomic E-state index is -0.156. The summed E-state index contributed by atoms with van der Waals surface area (Å²) in [6.07, 6.45) is 3.90. The second-order valence-electron chi connectivity index (χ2n) is 5.70. The molecule has 0 spiro atoms. The maximum Gasteiger partial charge on any atom is 0.246 e. The molecule has 1 aliphatic heterocycles. The lowest BCUT2D eigenvalue weighted by atomic mass is 10.1. The highest BCUT2D eigenvalue weighted by Gasteiger charge is 2.16. The topological polar surface area (TPSA) is 76.2 Å². The van der Waals surface area contributed by atoms with Gasteiger partial charge in [0.2, 0.25) is 5.91 Å². The summed E-state index contributed by atoms with van der Waals surface area (Å²) in [4.78, 5) is 11.9. The first kappa shape index (κ1) is 17.0. The van der Waals surface area contributed by atoms with Crippen molar-refractivity contribution < 1.29 is 14.3 Å². The number of aromatic nitrogens is 2. The van der Waals surface area contributed by atoms with Crippen LogP contribution in [0.1, 0.15) is 18.4 Å². The number of ether oxygens (including phenoxy) is 2. The first-order valence-corrected chi connectivity index (χ1v) is 8.34. The molecule has 128 valence electrons. The Hall–Kier alpha value is -1.89. The van der Waals surface area contributed by atoms with Crippen molar-refractivity contribution in [2.75, 3.05) is 19.8 Å². The second kappa shape index (κ2) is 8.28. The Morgan fingerprint density at radius 3 is 3.00 bits per heavy atom. The summed E-state index contributed by atoms with van der Waals surface area (Å²) < 4.78 is 10.9. The normalized spacial score (nSPS) is 17.1. The van der Waals surface area contributed by atoms with E-state index in [0.29, 0.717) is 18.2 Å². The zero-order valence-electron chi connectivity index (χ0n) is 13.3. The van der Waals surface area contributed by atoms with Crippen LogP contribution in [0.2, 0.25) is 5.02 Å². The number of aromatic amines is 1. The van der Waals surface area contributed by atoms with Crippen molar-refractivity contribution in [3.05, 3.63) is 41.0 Å². The van der Waals surface area contributed by atoms with Crippen molar-refractivity contribution in [1.29, 1.82) is 0 Å². The minimum absolute atomic E-state index is 0.0357. The highest BCUT2D eigenvalue weighted by atomic mass is 35.5. The number of halogens is 1. The Morgan fingerprint density at radius 2 is 2.25 bits per heavy atom. The predicted octanol–water partition coefficient (Wildman–Crippen LogP) is 2.54. The molecule has 1 aromatic heterocycles. The number of nitrogens with zero attached hydrogens (tertiary/aromatic N) is 1. The standard InChI is InChI=1S/C17H20ClN3O3/c18-14-5-3-12(4-6-14)17-13(9-20-21-17)8-19-16(22)11-23-10-15-2-1-7-24-15/h3-6,9,15H,1-2,7-8,10-11H2,(H,19,22)(H,20,21)/t15-/m1/s1. The molecule has 0 unspecified atom stereocenters. The van der Waals surface area contributed by atoms with Gasteiger partial charge in [-0.3, -0.25) is 9.89 Å². The van der Waals surface area contributed by atoms with E-state index in [4.69, 9.17) is 21.1 Å². The van der Waals surface area contributed by atoms with Gasteiger partial charge in [-0.1, -0.05) is 23.7 Å². The van der Waals surface area contributed by atoms with Crippen molar-refractivity contribution in [3.63, 3.8) is 0 Å². The van der Waals surface area contributed by atoms with Gasteiger partial charge in [-0.2, -0.15) is 5.10 Å². The van der Waals surface area contributed by atoms with E-state index in [2.05, 4.69) is 15.5 Å². The van der Waals surface area contributed by atoms with Gasteiger partial charge in [-0.25, -0.2) is 0 Å². The van der Waals surface area contributed by atoms with E-state index < -0.39 is 0 Å². The van der Waals surface area contributed by atoms with Gasteiger partial charge in [-0.05, 0) is 30.5 Å². The monoisotopic (exact) mass is 349 g/mol. The summed E-state index contributed by atoms with van der Waals surface area (Å²) in [5, 5.41) is 10.5. The summed E-state index contributed by atoms with van der Waals surface area (Å²) in [6.45, 7) is 1.67. The molecule has 0 saturated carbocycles. The predicted molar refractivity (Wildman–Crippen MR) is 90.7 cm³/mol. The average molecular weight is 350 g/mol. The number of nitrogens with one attached hydrogen (secondary N) is 2. The summed E-state index contributed by atoms with van der Waals surface area (Å²) in [5.74, 6) is -0.156. The number of rotatable bonds is 7. The number of benzene rings is 1. The van der Waals surface area contributed by atoms with Gasteiger partial charge < -0.3 is 14.8 Å². The van der Waals surface area contributed by atoms with Crippen molar-refractivity contribution >= 4 is 17.5 Å². The lowest BCUT2D eigenvalue weighted by Gasteiger charge is -2.10. The Kier molecular flexibility index (Phi) is 5.85. The first-order chi connectivity index (χ1) is 11.7. The number of hydrogen-bond donors (Lipinski definition) is 2. The molecule has 1 fully saturated rings. The summed E-state index contributed by atoms with van der Waals surface area (Å²) in [7, 11) is 0. The zero-order chi connectivity index (χ0) is 16.8. The number of hydrogen-bond acceptors (Lipinski definition) is 4. The van der Waals surface area contributed by atoms with Crippen LogP contribution in [0, 0.1) is 0 Å². The van der Waals surface area contributed by atoms with Crippen LogP contribution in [-0.4, -0.2) is 42.0 Å². The number of amides is 1. The lowest BCUT2D eigenvalue weighted by Crippen LogP contribution is -2.28. The highest BCUT2D eigenvalue weighted by molar-refractivity contribution is 6.30. The van der Waals surface area contributed by atoms with Crippen LogP contribution in [0.5, 0.6) is 0 Å². The fraction of sp³-hybridized carbons (Fsp3) is 0.412. The largest absolute Gasteiger partial charge is 0.376 e. The average Bonchev–Trinajstić information content (AvgIpc) is 3.25. The molecule has 1 aromatic carbocycles. The van der Waals surface area contributed by atoms with Gasteiger partial charge in [0, 0.05) is 23.7 Å². The molecule has 0 radical (unpaired) electrons. The van der Waals surface area contributed by atoms with Gasteiger partial charge in [0.25, 0.3) is 0 Å². The molecule has 24 heavy (non-hydrogen) atoms. The summed E-state index contributed by atoms with van der Waals surface area (Å²) in [6, 6.07) is 7.45. The van der Waals surface area contributed by atoms with E-state index >= 15 is 0 Å². The minimum Gasteiger partial charge on any atom is -0.376 e.